The lowest BCUT2D eigenvalue weighted by atomic mass is 10.3. The van der Waals surface area contributed by atoms with Gasteiger partial charge in [-0.15, -0.1) is 0 Å². The highest BCUT2D eigenvalue weighted by atomic mass is 16.2. The second-order valence-corrected chi connectivity index (χ2v) is 4.07. The van der Waals surface area contributed by atoms with E-state index in [9.17, 15) is 4.79 Å². The number of rotatable bonds is 7. The Morgan fingerprint density at radius 3 is 2.61 bits per heavy atom. The fourth-order valence-electron chi connectivity index (χ4n) is 1.73. The Morgan fingerprint density at radius 2 is 2.11 bits per heavy atom. The third-order valence-corrected chi connectivity index (χ3v) is 2.94. The van der Waals surface area contributed by atoms with Gasteiger partial charge in [-0.3, -0.25) is 9.48 Å². The summed E-state index contributed by atoms with van der Waals surface area (Å²) in [5.41, 5.74) is 6.49. The summed E-state index contributed by atoms with van der Waals surface area (Å²) in [6, 6.07) is 0. The minimum atomic E-state index is -0.202. The first-order valence-corrected chi connectivity index (χ1v) is 6.45. The van der Waals surface area contributed by atoms with Crippen LogP contribution in [0.15, 0.2) is 6.20 Å². The van der Waals surface area contributed by atoms with E-state index in [0.29, 0.717) is 24.5 Å². The molecule has 0 fully saturated rings. The topological polar surface area (TPSA) is 76.2 Å². The number of aromatic nitrogens is 2. The summed E-state index contributed by atoms with van der Waals surface area (Å²) in [4.78, 5) is 14.1. The van der Waals surface area contributed by atoms with Gasteiger partial charge in [-0.05, 0) is 20.0 Å². The summed E-state index contributed by atoms with van der Waals surface area (Å²) in [7, 11) is 0. The van der Waals surface area contributed by atoms with Crippen molar-refractivity contribution in [2.75, 3.05) is 31.9 Å². The van der Waals surface area contributed by atoms with Crippen LogP contribution in [0, 0.1) is 0 Å². The van der Waals surface area contributed by atoms with Gasteiger partial charge in [-0.1, -0.05) is 13.8 Å². The van der Waals surface area contributed by atoms with Crippen LogP contribution in [0.5, 0.6) is 0 Å². The van der Waals surface area contributed by atoms with Crippen molar-refractivity contribution in [3.05, 3.63) is 11.9 Å². The van der Waals surface area contributed by atoms with Crippen molar-refractivity contribution in [3.8, 4) is 0 Å². The van der Waals surface area contributed by atoms with Crippen LogP contribution in [0.2, 0.25) is 0 Å². The molecule has 0 saturated heterocycles. The first-order chi connectivity index (χ1) is 8.62. The van der Waals surface area contributed by atoms with Crippen molar-refractivity contribution < 1.29 is 4.79 Å². The summed E-state index contributed by atoms with van der Waals surface area (Å²) < 4.78 is 1.66. The number of nitrogens with two attached hydrogens (primary N) is 1. The number of carbonyl (C=O) groups excluding carboxylic acids is 1. The zero-order chi connectivity index (χ0) is 13.5. The van der Waals surface area contributed by atoms with Crippen molar-refractivity contribution in [2.45, 2.75) is 27.3 Å². The molecule has 0 unspecified atom stereocenters. The van der Waals surface area contributed by atoms with Gasteiger partial charge in [0.05, 0.1) is 5.69 Å². The van der Waals surface area contributed by atoms with E-state index in [4.69, 9.17) is 5.73 Å². The maximum atomic E-state index is 11.9. The van der Waals surface area contributed by atoms with Crippen molar-refractivity contribution in [1.82, 2.24) is 20.0 Å². The molecule has 0 aliphatic rings. The summed E-state index contributed by atoms with van der Waals surface area (Å²) in [5, 5.41) is 6.97. The lowest BCUT2D eigenvalue weighted by Crippen LogP contribution is -2.35. The molecule has 0 aromatic carbocycles. The zero-order valence-electron chi connectivity index (χ0n) is 11.4. The number of hydrogen-bond donors (Lipinski definition) is 2. The number of aryl methyl sites for hydroxylation is 1. The minimum absolute atomic E-state index is 0.202. The Balaban J connectivity index is 2.47. The Kier molecular flexibility index (Phi) is 5.64. The number of nitrogens with zero attached hydrogens (tertiary/aromatic N) is 3. The first-order valence-electron chi connectivity index (χ1n) is 6.45. The van der Waals surface area contributed by atoms with E-state index >= 15 is 0 Å². The molecule has 1 rings (SSSR count). The van der Waals surface area contributed by atoms with Crippen LogP contribution in [-0.2, 0) is 6.54 Å². The van der Waals surface area contributed by atoms with Gasteiger partial charge in [-0.2, -0.15) is 5.10 Å². The van der Waals surface area contributed by atoms with E-state index in [1.54, 1.807) is 10.9 Å². The van der Waals surface area contributed by atoms with E-state index in [-0.39, 0.29) is 5.91 Å². The molecule has 1 heterocycles. The number of anilines is 1. The zero-order valence-corrected chi connectivity index (χ0v) is 11.4. The van der Waals surface area contributed by atoms with E-state index < -0.39 is 0 Å². The lowest BCUT2D eigenvalue weighted by molar-refractivity contribution is 0.0944. The molecule has 0 bridgehead atoms. The predicted octanol–water partition coefficient (Wildman–Crippen LogP) is 0.557. The van der Waals surface area contributed by atoms with E-state index in [1.165, 1.54) is 0 Å². The fourth-order valence-corrected chi connectivity index (χ4v) is 1.73. The molecule has 0 saturated carbocycles. The molecule has 0 spiro atoms. The molecule has 102 valence electrons. The molecular weight excluding hydrogens is 230 g/mol. The largest absolute Gasteiger partial charge is 0.396 e. The molecular formula is C12H23N5O. The van der Waals surface area contributed by atoms with E-state index in [1.807, 2.05) is 6.92 Å². The normalized spacial score (nSPS) is 10.9. The van der Waals surface area contributed by atoms with Crippen molar-refractivity contribution >= 4 is 11.6 Å². The molecule has 0 atom stereocenters. The quantitative estimate of drug-likeness (QED) is 0.744. The van der Waals surface area contributed by atoms with Gasteiger partial charge in [0, 0.05) is 25.8 Å². The Hall–Kier alpha value is -1.56. The molecule has 6 nitrogen and oxygen atoms in total. The molecule has 0 aliphatic heterocycles. The molecule has 18 heavy (non-hydrogen) atoms. The average molecular weight is 253 g/mol. The monoisotopic (exact) mass is 253 g/mol. The molecule has 0 radical (unpaired) electrons. The maximum absolute atomic E-state index is 11.9. The molecule has 1 aromatic heterocycles. The summed E-state index contributed by atoms with van der Waals surface area (Å²) >= 11 is 0. The van der Waals surface area contributed by atoms with Crippen molar-refractivity contribution in [3.63, 3.8) is 0 Å². The van der Waals surface area contributed by atoms with E-state index in [0.717, 1.165) is 19.6 Å². The molecule has 0 aliphatic carbocycles. The average Bonchev–Trinajstić information content (AvgIpc) is 2.76. The van der Waals surface area contributed by atoms with Crippen molar-refractivity contribution in [2.24, 2.45) is 0 Å². The first kappa shape index (κ1) is 14.5. The number of nitrogen functional groups attached to an aromatic ring is 1. The van der Waals surface area contributed by atoms with Crippen LogP contribution in [0.1, 0.15) is 31.3 Å². The summed E-state index contributed by atoms with van der Waals surface area (Å²) in [6.07, 6.45) is 1.68. The van der Waals surface area contributed by atoms with Crippen molar-refractivity contribution in [1.29, 1.82) is 0 Å². The lowest BCUT2D eigenvalue weighted by Gasteiger charge is -2.17. The highest BCUT2D eigenvalue weighted by molar-refractivity contribution is 5.96. The van der Waals surface area contributed by atoms with Crippen LogP contribution in [0.3, 0.4) is 0 Å². The SMILES string of the molecule is CCN(CC)CCNC(=O)c1nn(CC)cc1N. The number of nitrogens with one attached hydrogen (secondary N) is 1. The Labute approximate surface area is 108 Å². The van der Waals surface area contributed by atoms with Gasteiger partial charge in [-0.25, -0.2) is 0 Å². The molecule has 1 amide bonds. The van der Waals surface area contributed by atoms with Crippen LogP contribution in [0.25, 0.3) is 0 Å². The fraction of sp³-hybridized carbons (Fsp3) is 0.667. The number of carbonyl (C=O) groups is 1. The van der Waals surface area contributed by atoms with Gasteiger partial charge in [0.15, 0.2) is 5.69 Å². The minimum Gasteiger partial charge on any atom is -0.396 e. The highest BCUT2D eigenvalue weighted by Gasteiger charge is 2.14. The van der Waals surface area contributed by atoms with Crippen LogP contribution in [0.4, 0.5) is 5.69 Å². The third-order valence-electron chi connectivity index (χ3n) is 2.94. The smallest absolute Gasteiger partial charge is 0.273 e. The van der Waals surface area contributed by atoms with Crippen LogP contribution < -0.4 is 11.1 Å². The number of hydrogen-bond acceptors (Lipinski definition) is 4. The highest BCUT2D eigenvalue weighted by Crippen LogP contribution is 2.08. The molecule has 3 N–H and O–H groups in total. The van der Waals surface area contributed by atoms with E-state index in [2.05, 4.69) is 29.2 Å². The second-order valence-electron chi connectivity index (χ2n) is 4.07. The van der Waals surface area contributed by atoms with Gasteiger partial charge < -0.3 is 16.0 Å². The van der Waals surface area contributed by atoms with Gasteiger partial charge in [0.1, 0.15) is 0 Å². The van der Waals surface area contributed by atoms with Crippen LogP contribution >= 0.6 is 0 Å². The Bertz CT molecular complexity index is 384. The van der Waals surface area contributed by atoms with Gasteiger partial charge in [0.25, 0.3) is 5.91 Å². The molecule has 6 heteroatoms. The standard InChI is InChI=1S/C12H23N5O/c1-4-16(5-2)8-7-14-12(18)11-10(13)9-17(6-3)15-11/h9H,4-8,13H2,1-3H3,(H,14,18). The van der Waals surface area contributed by atoms with Gasteiger partial charge in [0.2, 0.25) is 0 Å². The summed E-state index contributed by atoms with van der Waals surface area (Å²) in [5.74, 6) is -0.202. The van der Waals surface area contributed by atoms with Gasteiger partial charge >= 0.3 is 0 Å². The van der Waals surface area contributed by atoms with Crippen LogP contribution in [-0.4, -0.2) is 46.8 Å². The number of amides is 1. The third kappa shape index (κ3) is 3.73. The second kappa shape index (κ2) is 7.00. The Morgan fingerprint density at radius 1 is 1.44 bits per heavy atom. The summed E-state index contributed by atoms with van der Waals surface area (Å²) in [6.45, 7) is 10.3. The maximum Gasteiger partial charge on any atom is 0.273 e. The predicted molar refractivity (Wildman–Crippen MR) is 72.4 cm³/mol. The molecule has 1 aromatic rings. The number of likely N-dealkylation sites (N-methyl/N-ethyl adjacent to an activating group) is 1.